The molecule has 0 aromatic carbocycles. The van der Waals surface area contributed by atoms with E-state index in [1.165, 1.54) is 0 Å². The van der Waals surface area contributed by atoms with E-state index < -0.39 is 0 Å². The van der Waals surface area contributed by atoms with Crippen LogP contribution in [0.5, 0.6) is 5.88 Å². The monoisotopic (exact) mass is 235 g/mol. The number of nitrogens with one attached hydrogen (secondary N) is 1. The lowest BCUT2D eigenvalue weighted by Gasteiger charge is -2.19. The zero-order valence-corrected chi connectivity index (χ0v) is 10.9. The topological polar surface area (TPSA) is 47.0 Å². The predicted molar refractivity (Wildman–Crippen MR) is 68.9 cm³/mol. The number of hydrogen-bond donors (Lipinski definition) is 1. The summed E-state index contributed by atoms with van der Waals surface area (Å²) in [6.45, 7) is 11.3. The Morgan fingerprint density at radius 3 is 2.65 bits per heavy atom. The molecule has 0 atom stereocenters. The van der Waals surface area contributed by atoms with E-state index in [9.17, 15) is 0 Å². The van der Waals surface area contributed by atoms with Gasteiger partial charge in [-0.05, 0) is 33.3 Å². The molecule has 1 aromatic heterocycles. The third-order valence-corrected chi connectivity index (χ3v) is 2.07. The second kappa shape index (κ2) is 6.35. The summed E-state index contributed by atoms with van der Waals surface area (Å²) in [4.78, 5) is 0. The fourth-order valence-corrected chi connectivity index (χ4v) is 1.12. The molecule has 1 N–H and O–H groups in total. The molecule has 0 aliphatic rings. The SMILES string of the molecule is C=CCCOc1ccc(CNC(C)(C)C)nn1. The van der Waals surface area contributed by atoms with Crippen LogP contribution in [0.25, 0.3) is 0 Å². The van der Waals surface area contributed by atoms with E-state index in [1.54, 1.807) is 0 Å². The lowest BCUT2D eigenvalue weighted by Crippen LogP contribution is -2.35. The van der Waals surface area contributed by atoms with Crippen molar-refractivity contribution in [3.05, 3.63) is 30.5 Å². The highest BCUT2D eigenvalue weighted by Crippen LogP contribution is 2.06. The molecule has 94 valence electrons. The van der Waals surface area contributed by atoms with Crippen LogP contribution in [0.1, 0.15) is 32.9 Å². The van der Waals surface area contributed by atoms with E-state index in [0.29, 0.717) is 19.0 Å². The highest BCUT2D eigenvalue weighted by molar-refractivity contribution is 5.11. The zero-order valence-electron chi connectivity index (χ0n) is 10.9. The van der Waals surface area contributed by atoms with Crippen LogP contribution in [0.2, 0.25) is 0 Å². The molecule has 0 aliphatic carbocycles. The lowest BCUT2D eigenvalue weighted by atomic mass is 10.1. The Kier molecular flexibility index (Phi) is 5.10. The third kappa shape index (κ3) is 6.02. The van der Waals surface area contributed by atoms with E-state index in [1.807, 2.05) is 18.2 Å². The first-order chi connectivity index (χ1) is 8.01. The molecule has 1 heterocycles. The van der Waals surface area contributed by atoms with Crippen molar-refractivity contribution in [2.75, 3.05) is 6.61 Å². The van der Waals surface area contributed by atoms with Gasteiger partial charge in [0.25, 0.3) is 0 Å². The number of rotatable bonds is 6. The average molecular weight is 235 g/mol. The van der Waals surface area contributed by atoms with Gasteiger partial charge in [0.15, 0.2) is 0 Å². The van der Waals surface area contributed by atoms with E-state index in [-0.39, 0.29) is 5.54 Å². The fourth-order valence-electron chi connectivity index (χ4n) is 1.12. The van der Waals surface area contributed by atoms with E-state index in [0.717, 1.165) is 12.1 Å². The van der Waals surface area contributed by atoms with Crippen LogP contribution in [-0.4, -0.2) is 22.3 Å². The Hall–Kier alpha value is -1.42. The summed E-state index contributed by atoms with van der Waals surface area (Å²) in [5.41, 5.74) is 0.997. The molecule has 0 fully saturated rings. The summed E-state index contributed by atoms with van der Waals surface area (Å²) >= 11 is 0. The maximum absolute atomic E-state index is 5.38. The molecule has 0 spiro atoms. The van der Waals surface area contributed by atoms with Crippen LogP contribution in [0.4, 0.5) is 0 Å². The minimum atomic E-state index is 0.0841. The van der Waals surface area contributed by atoms with Gasteiger partial charge in [-0.15, -0.1) is 11.7 Å². The Morgan fingerprint density at radius 2 is 2.12 bits per heavy atom. The van der Waals surface area contributed by atoms with Crippen molar-refractivity contribution in [2.24, 2.45) is 0 Å². The van der Waals surface area contributed by atoms with E-state index in [4.69, 9.17) is 4.74 Å². The van der Waals surface area contributed by atoms with Crippen LogP contribution in [0.15, 0.2) is 24.8 Å². The normalized spacial score (nSPS) is 11.2. The zero-order chi connectivity index (χ0) is 12.7. The van der Waals surface area contributed by atoms with Gasteiger partial charge in [-0.1, -0.05) is 6.08 Å². The molecular weight excluding hydrogens is 214 g/mol. The van der Waals surface area contributed by atoms with Crippen LogP contribution in [0.3, 0.4) is 0 Å². The highest BCUT2D eigenvalue weighted by atomic mass is 16.5. The molecule has 0 saturated carbocycles. The van der Waals surface area contributed by atoms with Gasteiger partial charge in [-0.25, -0.2) is 0 Å². The summed E-state index contributed by atoms with van der Waals surface area (Å²) in [6.07, 6.45) is 2.63. The van der Waals surface area contributed by atoms with Gasteiger partial charge in [0, 0.05) is 18.2 Å². The van der Waals surface area contributed by atoms with Crippen LogP contribution in [-0.2, 0) is 6.54 Å². The summed E-state index contributed by atoms with van der Waals surface area (Å²) < 4.78 is 5.38. The molecule has 4 heteroatoms. The maximum Gasteiger partial charge on any atom is 0.233 e. The molecule has 0 unspecified atom stereocenters. The minimum absolute atomic E-state index is 0.0841. The smallest absolute Gasteiger partial charge is 0.233 e. The molecule has 0 amide bonds. The van der Waals surface area contributed by atoms with Gasteiger partial charge in [0.05, 0.1) is 12.3 Å². The minimum Gasteiger partial charge on any atom is -0.476 e. The molecule has 0 aliphatic heterocycles. The van der Waals surface area contributed by atoms with Gasteiger partial charge in [0.1, 0.15) is 0 Å². The third-order valence-electron chi connectivity index (χ3n) is 2.07. The average Bonchev–Trinajstić information content (AvgIpc) is 2.27. The van der Waals surface area contributed by atoms with Crippen molar-refractivity contribution in [1.82, 2.24) is 15.5 Å². The molecular formula is C13H21N3O. The van der Waals surface area contributed by atoms with Crippen molar-refractivity contribution in [3.8, 4) is 5.88 Å². The van der Waals surface area contributed by atoms with Crippen LogP contribution in [0, 0.1) is 0 Å². The summed E-state index contributed by atoms with van der Waals surface area (Å²) in [6, 6.07) is 3.77. The Morgan fingerprint density at radius 1 is 1.35 bits per heavy atom. The molecule has 4 nitrogen and oxygen atoms in total. The number of nitrogens with zero attached hydrogens (tertiary/aromatic N) is 2. The van der Waals surface area contributed by atoms with E-state index >= 15 is 0 Å². The molecule has 1 rings (SSSR count). The fraction of sp³-hybridized carbons (Fsp3) is 0.538. The largest absolute Gasteiger partial charge is 0.476 e. The van der Waals surface area contributed by atoms with Crippen LogP contribution >= 0.6 is 0 Å². The van der Waals surface area contributed by atoms with Gasteiger partial charge in [-0.3, -0.25) is 0 Å². The summed E-state index contributed by atoms with van der Waals surface area (Å²) in [5.74, 6) is 0.561. The highest BCUT2D eigenvalue weighted by Gasteiger charge is 2.09. The second-order valence-electron chi connectivity index (χ2n) is 4.89. The first kappa shape index (κ1) is 13.6. The van der Waals surface area contributed by atoms with E-state index in [2.05, 4.69) is 42.9 Å². The molecule has 17 heavy (non-hydrogen) atoms. The second-order valence-corrected chi connectivity index (χ2v) is 4.89. The molecule has 0 radical (unpaired) electrons. The van der Waals surface area contributed by atoms with Gasteiger partial charge in [0.2, 0.25) is 5.88 Å². The molecule has 0 saturated heterocycles. The van der Waals surface area contributed by atoms with Gasteiger partial charge < -0.3 is 10.1 Å². The summed E-state index contributed by atoms with van der Waals surface area (Å²) in [7, 11) is 0. The Balaban J connectivity index is 2.42. The first-order valence-corrected chi connectivity index (χ1v) is 5.82. The van der Waals surface area contributed by atoms with Crippen LogP contribution < -0.4 is 10.1 Å². The molecule has 0 bridgehead atoms. The number of ether oxygens (including phenoxy) is 1. The first-order valence-electron chi connectivity index (χ1n) is 5.82. The lowest BCUT2D eigenvalue weighted by molar-refractivity contribution is 0.307. The number of hydrogen-bond acceptors (Lipinski definition) is 4. The van der Waals surface area contributed by atoms with Gasteiger partial charge in [-0.2, -0.15) is 5.10 Å². The quantitative estimate of drug-likeness (QED) is 0.607. The van der Waals surface area contributed by atoms with Crippen molar-refractivity contribution >= 4 is 0 Å². The van der Waals surface area contributed by atoms with Crippen molar-refractivity contribution < 1.29 is 4.74 Å². The summed E-state index contributed by atoms with van der Waals surface area (Å²) in [5, 5.41) is 11.5. The Bertz CT molecular complexity index is 341. The maximum atomic E-state index is 5.38. The van der Waals surface area contributed by atoms with Crippen molar-refractivity contribution in [1.29, 1.82) is 0 Å². The van der Waals surface area contributed by atoms with Gasteiger partial charge >= 0.3 is 0 Å². The standard InChI is InChI=1S/C13H21N3O/c1-5-6-9-17-12-8-7-11(15-16-12)10-14-13(2,3)4/h5,7-8,14H,1,6,9-10H2,2-4H3. The van der Waals surface area contributed by atoms with Crippen molar-refractivity contribution in [2.45, 2.75) is 39.3 Å². The predicted octanol–water partition coefficient (Wildman–Crippen LogP) is 2.32. The molecule has 1 aromatic rings. The van der Waals surface area contributed by atoms with Crippen molar-refractivity contribution in [3.63, 3.8) is 0 Å². The Labute approximate surface area is 103 Å². The number of aromatic nitrogens is 2.